The van der Waals surface area contributed by atoms with Gasteiger partial charge in [0.2, 0.25) is 5.91 Å². The van der Waals surface area contributed by atoms with Gasteiger partial charge < -0.3 is 10.1 Å². The predicted octanol–water partition coefficient (Wildman–Crippen LogP) is 1.19. The summed E-state index contributed by atoms with van der Waals surface area (Å²) < 4.78 is 5.08. The Hall–Kier alpha value is -3.42. The van der Waals surface area contributed by atoms with Crippen molar-refractivity contribution in [1.82, 2.24) is 15.2 Å². The van der Waals surface area contributed by atoms with Crippen molar-refractivity contribution in [2.75, 3.05) is 5.32 Å². The number of ether oxygens (including phenoxy) is 1. The molecule has 0 radical (unpaired) electrons. The van der Waals surface area contributed by atoms with Crippen LogP contribution in [-0.4, -0.2) is 27.1 Å². The summed E-state index contributed by atoms with van der Waals surface area (Å²) in [6, 6.07) is 9.56. The largest absolute Gasteiger partial charge is 0.426 e. The van der Waals surface area contributed by atoms with Gasteiger partial charge in [0.05, 0.1) is 10.9 Å². The lowest BCUT2D eigenvalue weighted by Crippen LogP contribution is -2.20. The highest BCUT2D eigenvalue weighted by atomic mass is 16.5. The van der Waals surface area contributed by atoms with Gasteiger partial charge in [-0.25, -0.2) is 4.98 Å². The molecule has 23 heavy (non-hydrogen) atoms. The van der Waals surface area contributed by atoms with Crippen molar-refractivity contribution >= 4 is 28.6 Å². The van der Waals surface area contributed by atoms with Gasteiger partial charge in [0.1, 0.15) is 18.0 Å². The number of amides is 1. The molecular weight excluding hydrogens is 300 g/mol. The van der Waals surface area contributed by atoms with Crippen molar-refractivity contribution in [3.05, 3.63) is 52.9 Å². The quantitative estimate of drug-likeness (QED) is 0.380. The molecule has 3 aromatic rings. The molecule has 0 saturated heterocycles. The van der Waals surface area contributed by atoms with Gasteiger partial charge in [-0.1, -0.05) is 6.07 Å². The summed E-state index contributed by atoms with van der Waals surface area (Å²) in [5.41, 5.74) is 0.255. The molecule has 116 valence electrons. The average molecular weight is 312 g/mol. The summed E-state index contributed by atoms with van der Waals surface area (Å²) in [5.74, 6) is -0.638. The van der Waals surface area contributed by atoms with E-state index in [1.807, 2.05) is 0 Å². The molecule has 8 heteroatoms. The topological polar surface area (TPSA) is 117 Å². The van der Waals surface area contributed by atoms with Crippen LogP contribution in [0.2, 0.25) is 0 Å². The van der Waals surface area contributed by atoms with Gasteiger partial charge in [0, 0.05) is 12.3 Å². The van der Waals surface area contributed by atoms with Crippen LogP contribution in [0.3, 0.4) is 0 Å². The van der Waals surface area contributed by atoms with Gasteiger partial charge in [-0.15, -0.1) is 0 Å². The van der Waals surface area contributed by atoms with Crippen molar-refractivity contribution < 1.29 is 14.3 Å². The number of hydrogen-bond donors (Lipinski definition) is 3. The van der Waals surface area contributed by atoms with Crippen molar-refractivity contribution in [2.24, 2.45) is 0 Å². The number of hydrogen-bond acceptors (Lipinski definition) is 5. The Labute approximate surface area is 129 Å². The molecule has 1 aromatic carbocycles. The number of carbonyl (C=O) groups excluding carboxylic acids is 2. The highest BCUT2D eigenvalue weighted by Gasteiger charge is 2.13. The normalized spacial score (nSPS) is 10.4. The van der Waals surface area contributed by atoms with E-state index >= 15 is 0 Å². The zero-order valence-corrected chi connectivity index (χ0v) is 11.8. The average Bonchev–Trinajstić information content (AvgIpc) is 2.89. The van der Waals surface area contributed by atoms with Gasteiger partial charge >= 0.3 is 5.97 Å². The smallest absolute Gasteiger partial charge is 0.320 e. The number of pyridine rings is 1. The number of benzene rings is 1. The number of nitrogens with zero attached hydrogens (tertiary/aromatic N) is 1. The maximum absolute atomic E-state index is 11.8. The Morgan fingerprint density at radius 2 is 2.04 bits per heavy atom. The number of H-pyrrole nitrogens is 2. The fourth-order valence-electron chi connectivity index (χ4n) is 2.00. The van der Waals surface area contributed by atoms with E-state index in [4.69, 9.17) is 4.74 Å². The third kappa shape index (κ3) is 3.43. The lowest BCUT2D eigenvalue weighted by Gasteiger charge is -2.05. The van der Waals surface area contributed by atoms with Gasteiger partial charge in [0.25, 0.3) is 5.56 Å². The van der Waals surface area contributed by atoms with Crippen molar-refractivity contribution in [1.29, 1.82) is 0 Å². The van der Waals surface area contributed by atoms with Crippen LogP contribution in [0, 0.1) is 0 Å². The first kappa shape index (κ1) is 14.5. The number of nitrogens with one attached hydrogen (secondary N) is 3. The van der Waals surface area contributed by atoms with E-state index in [0.29, 0.717) is 16.7 Å². The highest BCUT2D eigenvalue weighted by Crippen LogP contribution is 2.17. The van der Waals surface area contributed by atoms with Gasteiger partial charge in [0.15, 0.2) is 0 Å². The Kier molecular flexibility index (Phi) is 3.88. The Morgan fingerprint density at radius 1 is 1.17 bits per heavy atom. The van der Waals surface area contributed by atoms with Gasteiger partial charge in [-0.05, 0) is 24.3 Å². The van der Waals surface area contributed by atoms with Crippen molar-refractivity contribution in [2.45, 2.75) is 6.42 Å². The molecule has 0 atom stereocenters. The molecule has 0 aliphatic carbocycles. The fraction of sp³-hybridized carbons (Fsp3) is 0.0667. The first-order chi connectivity index (χ1) is 11.1. The molecule has 0 bridgehead atoms. The molecule has 3 N–H and O–H groups in total. The van der Waals surface area contributed by atoms with Crippen LogP contribution in [0.4, 0.5) is 5.82 Å². The SMILES string of the molecule is O=C(CC(=O)Oc1ccc2c(=O)[nH][nH]c2c1)Nc1ccccn1. The molecule has 0 aliphatic rings. The van der Waals surface area contributed by atoms with Crippen LogP contribution in [0.25, 0.3) is 10.9 Å². The minimum Gasteiger partial charge on any atom is -0.426 e. The van der Waals surface area contributed by atoms with E-state index in [1.54, 1.807) is 18.2 Å². The van der Waals surface area contributed by atoms with Crippen molar-refractivity contribution in [3.63, 3.8) is 0 Å². The molecule has 0 saturated carbocycles. The minimum atomic E-state index is -0.712. The summed E-state index contributed by atoms with van der Waals surface area (Å²) in [6.07, 6.45) is 1.08. The van der Waals surface area contributed by atoms with Gasteiger partial charge in [-0.2, -0.15) is 0 Å². The predicted molar refractivity (Wildman–Crippen MR) is 82.0 cm³/mol. The second-order valence-electron chi connectivity index (χ2n) is 4.70. The molecule has 0 spiro atoms. The maximum Gasteiger partial charge on any atom is 0.320 e. The molecule has 0 unspecified atom stereocenters. The van der Waals surface area contributed by atoms with Crippen LogP contribution in [0.1, 0.15) is 6.42 Å². The lowest BCUT2D eigenvalue weighted by atomic mass is 10.2. The van der Waals surface area contributed by atoms with Crippen molar-refractivity contribution in [3.8, 4) is 5.75 Å². The van der Waals surface area contributed by atoms with E-state index in [9.17, 15) is 14.4 Å². The number of rotatable bonds is 4. The molecule has 1 amide bonds. The number of aromatic nitrogens is 3. The van der Waals surface area contributed by atoms with E-state index < -0.39 is 18.3 Å². The van der Waals surface area contributed by atoms with Crippen LogP contribution >= 0.6 is 0 Å². The molecule has 8 nitrogen and oxygen atoms in total. The molecule has 3 rings (SSSR count). The number of carbonyl (C=O) groups is 2. The fourth-order valence-corrected chi connectivity index (χ4v) is 2.00. The highest BCUT2D eigenvalue weighted by molar-refractivity contribution is 6.02. The summed E-state index contributed by atoms with van der Waals surface area (Å²) in [6.45, 7) is 0. The van der Waals surface area contributed by atoms with Crippen LogP contribution in [-0.2, 0) is 9.59 Å². The third-order valence-electron chi connectivity index (χ3n) is 3.02. The zero-order valence-electron chi connectivity index (χ0n) is 11.8. The van der Waals surface area contributed by atoms with E-state index in [2.05, 4.69) is 20.5 Å². The van der Waals surface area contributed by atoms with Gasteiger partial charge in [-0.3, -0.25) is 24.6 Å². The van der Waals surface area contributed by atoms with E-state index in [1.165, 1.54) is 24.4 Å². The van der Waals surface area contributed by atoms with E-state index in [0.717, 1.165) is 0 Å². The zero-order chi connectivity index (χ0) is 16.2. The number of fused-ring (bicyclic) bond motifs is 1. The lowest BCUT2D eigenvalue weighted by molar-refractivity contribution is -0.137. The van der Waals surface area contributed by atoms with E-state index in [-0.39, 0.29) is 11.3 Å². The summed E-state index contributed by atoms with van der Waals surface area (Å²) >= 11 is 0. The van der Waals surface area contributed by atoms with Crippen LogP contribution < -0.4 is 15.6 Å². The molecule has 2 aromatic heterocycles. The summed E-state index contributed by atoms with van der Waals surface area (Å²) in [5, 5.41) is 8.03. The molecule has 0 fully saturated rings. The minimum absolute atomic E-state index is 0.239. The monoisotopic (exact) mass is 312 g/mol. The summed E-state index contributed by atoms with van der Waals surface area (Å²) in [7, 11) is 0. The standard InChI is InChI=1S/C15H12N4O4/c20-13(17-12-3-1-2-6-16-12)8-14(21)23-9-4-5-10-11(7-9)18-19-15(10)22/h1-7H,8H2,(H,16,17,20)(H2,18,19,22). The first-order valence-corrected chi connectivity index (χ1v) is 6.74. The number of aromatic amines is 2. The first-order valence-electron chi connectivity index (χ1n) is 6.74. The Bertz CT molecular complexity index is 914. The second kappa shape index (κ2) is 6.14. The maximum atomic E-state index is 11.8. The number of anilines is 1. The molecular formula is C15H12N4O4. The molecule has 0 aliphatic heterocycles. The third-order valence-corrected chi connectivity index (χ3v) is 3.02. The summed E-state index contributed by atoms with van der Waals surface area (Å²) in [4.78, 5) is 38.8. The Balaban J connectivity index is 1.61. The van der Waals surface area contributed by atoms with Crippen LogP contribution in [0.5, 0.6) is 5.75 Å². The second-order valence-corrected chi connectivity index (χ2v) is 4.70. The number of esters is 1. The Morgan fingerprint density at radius 3 is 2.83 bits per heavy atom. The molecule has 2 heterocycles. The van der Waals surface area contributed by atoms with Crippen LogP contribution in [0.15, 0.2) is 47.4 Å².